The maximum absolute atomic E-state index is 12.8. The maximum atomic E-state index is 12.8. The van der Waals surface area contributed by atoms with Crippen molar-refractivity contribution in [1.82, 2.24) is 14.6 Å². The van der Waals surface area contributed by atoms with E-state index in [1.807, 2.05) is 28.7 Å². The van der Waals surface area contributed by atoms with Gasteiger partial charge in [0.05, 0.1) is 15.8 Å². The first-order chi connectivity index (χ1) is 11.5. The van der Waals surface area contributed by atoms with Crippen LogP contribution in [0, 0.1) is 0 Å². The van der Waals surface area contributed by atoms with Crippen LogP contribution in [0.4, 0.5) is 13.2 Å². The summed E-state index contributed by atoms with van der Waals surface area (Å²) in [5.41, 5.74) is 0.980. The molecule has 24 heavy (non-hydrogen) atoms. The lowest BCUT2D eigenvalue weighted by atomic mass is 10.1. The fraction of sp³-hybridized carbons (Fsp3) is 0.125. The molecule has 0 N–H and O–H groups in total. The van der Waals surface area contributed by atoms with Crippen LogP contribution in [0.15, 0.2) is 53.7 Å². The predicted octanol–water partition coefficient (Wildman–Crippen LogP) is 5.26. The zero-order valence-electron chi connectivity index (χ0n) is 12.1. The molecule has 0 amide bonds. The van der Waals surface area contributed by atoms with Crippen molar-refractivity contribution in [3.63, 3.8) is 0 Å². The molecule has 8 heteroatoms. The molecule has 2 aromatic heterocycles. The van der Waals surface area contributed by atoms with Crippen LogP contribution < -0.4 is 0 Å². The third-order valence-electron chi connectivity index (χ3n) is 3.53. The highest BCUT2D eigenvalue weighted by molar-refractivity contribution is 7.98. The molecule has 0 aliphatic carbocycles. The first-order valence-corrected chi connectivity index (χ1v) is 8.84. The summed E-state index contributed by atoms with van der Waals surface area (Å²) in [4.78, 5) is 0.780. The number of alkyl halides is 3. The quantitative estimate of drug-likeness (QED) is 0.464. The van der Waals surface area contributed by atoms with E-state index >= 15 is 0 Å². The number of fused-ring (bicyclic) bond motifs is 3. The third-order valence-corrected chi connectivity index (χ3v) is 5.55. The molecule has 0 saturated heterocycles. The van der Waals surface area contributed by atoms with Gasteiger partial charge in [-0.25, -0.2) is 0 Å². The zero-order chi connectivity index (χ0) is 16.7. The number of hydrogen-bond acceptors (Lipinski definition) is 4. The Hall–Kier alpha value is -2.06. The van der Waals surface area contributed by atoms with Gasteiger partial charge in [0.15, 0.2) is 5.16 Å². The highest BCUT2D eigenvalue weighted by Gasteiger charge is 2.30. The summed E-state index contributed by atoms with van der Waals surface area (Å²) in [5, 5.41) is 8.99. The first kappa shape index (κ1) is 15.5. The van der Waals surface area contributed by atoms with Crippen molar-refractivity contribution in [3.05, 3.63) is 59.7 Å². The lowest BCUT2D eigenvalue weighted by Gasteiger charge is -2.08. The van der Waals surface area contributed by atoms with E-state index in [0.717, 1.165) is 21.2 Å². The zero-order valence-corrected chi connectivity index (χ0v) is 13.8. The molecule has 0 radical (unpaired) electrons. The van der Waals surface area contributed by atoms with Crippen molar-refractivity contribution < 1.29 is 13.2 Å². The van der Waals surface area contributed by atoms with E-state index in [4.69, 9.17) is 0 Å². The lowest BCUT2D eigenvalue weighted by Crippen LogP contribution is -2.04. The molecular weight excluding hydrogens is 355 g/mol. The average Bonchev–Trinajstić information content (AvgIpc) is 3.11. The highest BCUT2D eigenvalue weighted by atomic mass is 32.2. The molecule has 2 aromatic carbocycles. The standard InChI is InChI=1S/C16H10F3N3S2/c17-16(18,19)11-5-3-4-10(8-11)9-23-14-20-21-15-22(14)12-6-1-2-7-13(12)24-15/h1-8H,9H2. The second kappa shape index (κ2) is 5.78. The van der Waals surface area contributed by atoms with Crippen LogP contribution in [-0.2, 0) is 11.9 Å². The third kappa shape index (κ3) is 2.76. The van der Waals surface area contributed by atoms with Crippen LogP contribution in [0.25, 0.3) is 15.2 Å². The number of hydrogen-bond donors (Lipinski definition) is 0. The Labute approximate surface area is 143 Å². The van der Waals surface area contributed by atoms with E-state index in [9.17, 15) is 13.2 Å². The molecule has 0 spiro atoms. The summed E-state index contributed by atoms with van der Waals surface area (Å²) in [5.74, 6) is 0.398. The fourth-order valence-electron chi connectivity index (χ4n) is 2.43. The van der Waals surface area contributed by atoms with Gasteiger partial charge in [-0.15, -0.1) is 10.2 Å². The number of benzene rings is 2. The van der Waals surface area contributed by atoms with E-state index in [2.05, 4.69) is 10.2 Å². The Bertz CT molecular complexity index is 1020. The van der Waals surface area contributed by atoms with Gasteiger partial charge in [0.25, 0.3) is 0 Å². The van der Waals surface area contributed by atoms with E-state index in [-0.39, 0.29) is 0 Å². The number of halogens is 3. The molecule has 0 saturated carbocycles. The van der Waals surface area contributed by atoms with Crippen molar-refractivity contribution in [2.75, 3.05) is 0 Å². The van der Waals surface area contributed by atoms with Gasteiger partial charge in [0.2, 0.25) is 4.96 Å². The largest absolute Gasteiger partial charge is 0.416 e. The Morgan fingerprint density at radius 1 is 1.04 bits per heavy atom. The van der Waals surface area contributed by atoms with Gasteiger partial charge < -0.3 is 0 Å². The van der Waals surface area contributed by atoms with Gasteiger partial charge in [0, 0.05) is 5.75 Å². The molecule has 0 atom stereocenters. The number of thiazole rings is 1. The Kier molecular flexibility index (Phi) is 3.73. The second-order valence-electron chi connectivity index (χ2n) is 5.16. The number of para-hydroxylation sites is 1. The van der Waals surface area contributed by atoms with Gasteiger partial charge >= 0.3 is 6.18 Å². The van der Waals surface area contributed by atoms with Crippen molar-refractivity contribution >= 4 is 38.3 Å². The van der Waals surface area contributed by atoms with E-state index in [1.54, 1.807) is 6.07 Å². The highest BCUT2D eigenvalue weighted by Crippen LogP contribution is 2.33. The topological polar surface area (TPSA) is 30.2 Å². The molecule has 122 valence electrons. The number of thioether (sulfide) groups is 1. The van der Waals surface area contributed by atoms with Crippen molar-refractivity contribution in [2.24, 2.45) is 0 Å². The fourth-order valence-corrected chi connectivity index (χ4v) is 4.34. The smallest absolute Gasteiger partial charge is 0.260 e. The molecule has 0 unspecified atom stereocenters. The van der Waals surface area contributed by atoms with Crippen molar-refractivity contribution in [1.29, 1.82) is 0 Å². The van der Waals surface area contributed by atoms with E-state index in [1.165, 1.54) is 35.2 Å². The van der Waals surface area contributed by atoms with Crippen molar-refractivity contribution in [3.8, 4) is 0 Å². The molecule has 0 bridgehead atoms. The predicted molar refractivity (Wildman–Crippen MR) is 89.4 cm³/mol. The minimum absolute atomic E-state index is 0.398. The van der Waals surface area contributed by atoms with Gasteiger partial charge in [-0.3, -0.25) is 4.40 Å². The van der Waals surface area contributed by atoms with Gasteiger partial charge in [-0.2, -0.15) is 13.2 Å². The van der Waals surface area contributed by atoms with E-state index < -0.39 is 11.7 Å². The minimum atomic E-state index is -4.33. The summed E-state index contributed by atoms with van der Waals surface area (Å²) in [6.07, 6.45) is -4.33. The summed E-state index contributed by atoms with van der Waals surface area (Å²) >= 11 is 2.91. The number of rotatable bonds is 3. The summed E-state index contributed by atoms with van der Waals surface area (Å²) in [6, 6.07) is 13.3. The van der Waals surface area contributed by atoms with Crippen LogP contribution in [-0.4, -0.2) is 14.6 Å². The Morgan fingerprint density at radius 3 is 2.71 bits per heavy atom. The Balaban J connectivity index is 1.64. The monoisotopic (exact) mass is 365 g/mol. The van der Waals surface area contributed by atoms with Crippen LogP contribution >= 0.6 is 23.1 Å². The number of aromatic nitrogens is 3. The van der Waals surface area contributed by atoms with Crippen molar-refractivity contribution in [2.45, 2.75) is 17.1 Å². The molecule has 4 rings (SSSR count). The number of nitrogens with zero attached hydrogens (tertiary/aromatic N) is 3. The van der Waals surface area contributed by atoms with Crippen LogP contribution in [0.2, 0.25) is 0 Å². The molecule has 0 fully saturated rings. The van der Waals surface area contributed by atoms with Crippen LogP contribution in [0.5, 0.6) is 0 Å². The second-order valence-corrected chi connectivity index (χ2v) is 7.11. The average molecular weight is 365 g/mol. The van der Waals surface area contributed by atoms with Crippen LogP contribution in [0.1, 0.15) is 11.1 Å². The molecule has 2 heterocycles. The van der Waals surface area contributed by atoms with E-state index in [0.29, 0.717) is 16.5 Å². The Morgan fingerprint density at radius 2 is 1.88 bits per heavy atom. The maximum Gasteiger partial charge on any atom is 0.416 e. The lowest BCUT2D eigenvalue weighted by molar-refractivity contribution is -0.137. The van der Waals surface area contributed by atoms with Gasteiger partial charge in [-0.1, -0.05) is 53.4 Å². The van der Waals surface area contributed by atoms with Gasteiger partial charge in [0.1, 0.15) is 0 Å². The summed E-state index contributed by atoms with van der Waals surface area (Å²) < 4.78 is 41.4. The molecule has 0 aliphatic heterocycles. The molecule has 4 aromatic rings. The molecule has 3 nitrogen and oxygen atoms in total. The summed E-state index contributed by atoms with van der Waals surface area (Å²) in [6.45, 7) is 0. The molecule has 0 aliphatic rings. The SMILES string of the molecule is FC(F)(F)c1cccc(CSc2nnc3sc4ccccc4n23)c1. The first-order valence-electron chi connectivity index (χ1n) is 7.04. The van der Waals surface area contributed by atoms with Crippen LogP contribution in [0.3, 0.4) is 0 Å². The molecular formula is C16H10F3N3S2. The normalized spacial score (nSPS) is 12.3. The van der Waals surface area contributed by atoms with Gasteiger partial charge in [-0.05, 0) is 23.8 Å². The minimum Gasteiger partial charge on any atom is -0.260 e. The summed E-state index contributed by atoms with van der Waals surface area (Å²) in [7, 11) is 0.